The Bertz CT molecular complexity index is 675. The lowest BCUT2D eigenvalue weighted by molar-refractivity contribution is -0.126. The van der Waals surface area contributed by atoms with Gasteiger partial charge in [0.05, 0.1) is 4.90 Å². The van der Waals surface area contributed by atoms with E-state index in [0.29, 0.717) is 12.8 Å². The molecule has 0 spiro atoms. The zero-order chi connectivity index (χ0) is 17.9. The molecule has 1 atom stereocenters. The lowest BCUT2D eigenvalue weighted by atomic mass is 10.0. The van der Waals surface area contributed by atoms with E-state index < -0.39 is 22.5 Å². The molecule has 1 fully saturated rings. The minimum absolute atomic E-state index is 0.0730. The van der Waals surface area contributed by atoms with E-state index in [2.05, 4.69) is 5.32 Å². The first-order valence-electron chi connectivity index (χ1n) is 7.94. The summed E-state index contributed by atoms with van der Waals surface area (Å²) in [4.78, 5) is 12.3. The highest BCUT2D eigenvalue weighted by molar-refractivity contribution is 7.89. The van der Waals surface area contributed by atoms with Gasteiger partial charge in [-0.05, 0) is 38.8 Å². The Labute approximate surface area is 141 Å². The fraction of sp³-hybridized carbons (Fsp3) is 0.562. The van der Waals surface area contributed by atoms with E-state index in [4.69, 9.17) is 0 Å². The highest BCUT2D eigenvalue weighted by Crippen LogP contribution is 2.27. The molecule has 1 aliphatic heterocycles. The Morgan fingerprint density at radius 3 is 2.38 bits per heavy atom. The Morgan fingerprint density at radius 1 is 1.21 bits per heavy atom. The topological polar surface area (TPSA) is 66.5 Å². The first-order chi connectivity index (χ1) is 11.2. The summed E-state index contributed by atoms with van der Waals surface area (Å²) in [5.41, 5.74) is -0.235. The number of alkyl halides is 2. The van der Waals surface area contributed by atoms with Gasteiger partial charge < -0.3 is 5.32 Å². The summed E-state index contributed by atoms with van der Waals surface area (Å²) >= 11 is 0. The number of piperidine rings is 1. The van der Waals surface area contributed by atoms with Gasteiger partial charge in [-0.2, -0.15) is 4.31 Å². The highest BCUT2D eigenvalue weighted by Gasteiger charge is 2.37. The average Bonchev–Trinajstić information content (AvgIpc) is 2.54. The fourth-order valence-electron chi connectivity index (χ4n) is 2.76. The van der Waals surface area contributed by atoms with E-state index in [1.165, 1.54) is 16.4 Å². The number of nitrogens with one attached hydrogen (secondary N) is 1. The van der Waals surface area contributed by atoms with Gasteiger partial charge in [-0.15, -0.1) is 0 Å². The molecular formula is C16H22F2N2O3S. The maximum Gasteiger partial charge on any atom is 0.263 e. The summed E-state index contributed by atoms with van der Waals surface area (Å²) in [7, 11) is -3.91. The van der Waals surface area contributed by atoms with Crippen LogP contribution in [-0.4, -0.2) is 37.3 Å². The Hall–Kier alpha value is -1.54. The third-order valence-electron chi connectivity index (χ3n) is 3.93. The quantitative estimate of drug-likeness (QED) is 0.878. The van der Waals surface area contributed by atoms with Crippen LogP contribution in [-0.2, 0) is 14.8 Å². The average molecular weight is 360 g/mol. The predicted octanol–water partition coefficient (Wildman–Crippen LogP) is 2.69. The van der Waals surface area contributed by atoms with E-state index in [1.807, 2.05) is 13.8 Å². The van der Waals surface area contributed by atoms with Crippen molar-refractivity contribution in [2.24, 2.45) is 0 Å². The number of carbonyl (C=O) groups excluding carboxylic acids is 1. The van der Waals surface area contributed by atoms with Crippen LogP contribution in [0.4, 0.5) is 8.78 Å². The zero-order valence-corrected chi connectivity index (χ0v) is 14.5. The van der Waals surface area contributed by atoms with Crippen molar-refractivity contribution in [3.63, 3.8) is 0 Å². The third-order valence-corrected chi connectivity index (χ3v) is 5.85. The molecule has 0 aliphatic carbocycles. The fourth-order valence-corrected chi connectivity index (χ4v) is 4.41. The molecule has 2 rings (SSSR count). The van der Waals surface area contributed by atoms with Crippen LogP contribution < -0.4 is 5.32 Å². The van der Waals surface area contributed by atoms with E-state index >= 15 is 0 Å². The number of nitrogens with zero attached hydrogens (tertiary/aromatic N) is 1. The molecule has 1 saturated heterocycles. The van der Waals surface area contributed by atoms with E-state index in [1.54, 1.807) is 0 Å². The molecule has 1 unspecified atom stereocenters. The largest absolute Gasteiger partial charge is 0.353 e. The van der Waals surface area contributed by atoms with Crippen molar-refractivity contribution in [1.29, 1.82) is 0 Å². The van der Waals surface area contributed by atoms with Crippen molar-refractivity contribution in [3.8, 4) is 0 Å². The van der Waals surface area contributed by atoms with Crippen molar-refractivity contribution in [3.05, 3.63) is 29.8 Å². The molecule has 1 heterocycles. The Morgan fingerprint density at radius 2 is 1.83 bits per heavy atom. The van der Waals surface area contributed by atoms with Gasteiger partial charge in [-0.3, -0.25) is 4.79 Å². The Balaban J connectivity index is 2.29. The van der Waals surface area contributed by atoms with Gasteiger partial charge in [-0.25, -0.2) is 17.2 Å². The third kappa shape index (κ3) is 4.10. The van der Waals surface area contributed by atoms with E-state index in [9.17, 15) is 22.0 Å². The second kappa shape index (κ2) is 7.57. The zero-order valence-electron chi connectivity index (χ0n) is 13.7. The van der Waals surface area contributed by atoms with Gasteiger partial charge in [0.2, 0.25) is 15.9 Å². The van der Waals surface area contributed by atoms with E-state index in [0.717, 1.165) is 18.6 Å². The van der Waals surface area contributed by atoms with Crippen LogP contribution in [0.25, 0.3) is 0 Å². The molecule has 134 valence electrons. The highest BCUT2D eigenvalue weighted by atomic mass is 32.2. The normalized spacial score (nSPS) is 19.7. The molecule has 24 heavy (non-hydrogen) atoms. The number of sulfonamides is 1. The van der Waals surface area contributed by atoms with Crippen LogP contribution >= 0.6 is 0 Å². The number of carbonyl (C=O) groups is 1. The first kappa shape index (κ1) is 18.8. The van der Waals surface area contributed by atoms with Crippen molar-refractivity contribution < 1.29 is 22.0 Å². The van der Waals surface area contributed by atoms with Crippen LogP contribution in [0.2, 0.25) is 0 Å². The minimum Gasteiger partial charge on any atom is -0.353 e. The standard InChI is InChI=1S/C16H22F2N2O3S/c1-11(2)19-16(21)14-5-3-4-10-20(14)24(22,23)13-8-6-12(7-9-13)15(17)18/h6-9,11,14-15H,3-5,10H2,1-2H3,(H,19,21). The number of hydrogen-bond donors (Lipinski definition) is 1. The van der Waals surface area contributed by atoms with Crippen molar-refractivity contribution in [2.45, 2.75) is 56.5 Å². The van der Waals surface area contributed by atoms with Crippen molar-refractivity contribution in [1.82, 2.24) is 9.62 Å². The first-order valence-corrected chi connectivity index (χ1v) is 9.38. The second-order valence-corrected chi connectivity index (χ2v) is 8.05. The van der Waals surface area contributed by atoms with Crippen LogP contribution in [0.3, 0.4) is 0 Å². The lowest BCUT2D eigenvalue weighted by Crippen LogP contribution is -2.52. The van der Waals surface area contributed by atoms with Crippen LogP contribution in [0.15, 0.2) is 29.2 Å². The molecule has 1 amide bonds. The molecule has 1 N–H and O–H groups in total. The molecule has 5 nitrogen and oxygen atoms in total. The summed E-state index contributed by atoms with van der Waals surface area (Å²) in [6.07, 6.45) is -0.763. The SMILES string of the molecule is CC(C)NC(=O)C1CCCCN1S(=O)(=O)c1ccc(C(F)F)cc1. The summed E-state index contributed by atoms with van der Waals surface area (Å²) in [6, 6.07) is 3.69. The number of hydrogen-bond acceptors (Lipinski definition) is 3. The lowest BCUT2D eigenvalue weighted by Gasteiger charge is -2.34. The van der Waals surface area contributed by atoms with Crippen LogP contribution in [0, 0.1) is 0 Å². The summed E-state index contributed by atoms with van der Waals surface area (Å²) in [5, 5.41) is 2.75. The molecule has 0 saturated carbocycles. The number of amides is 1. The van der Waals surface area contributed by atoms with Gasteiger partial charge >= 0.3 is 0 Å². The van der Waals surface area contributed by atoms with Crippen LogP contribution in [0.1, 0.15) is 45.1 Å². The maximum absolute atomic E-state index is 12.8. The maximum atomic E-state index is 12.8. The molecular weight excluding hydrogens is 338 g/mol. The molecule has 0 bridgehead atoms. The van der Waals surface area contributed by atoms with Gasteiger partial charge in [0.15, 0.2) is 0 Å². The number of benzene rings is 1. The van der Waals surface area contributed by atoms with Gasteiger partial charge in [0.25, 0.3) is 6.43 Å². The number of halogens is 2. The molecule has 1 aromatic carbocycles. The van der Waals surface area contributed by atoms with Crippen molar-refractivity contribution >= 4 is 15.9 Å². The molecule has 0 aromatic heterocycles. The minimum atomic E-state index is -3.91. The van der Waals surface area contributed by atoms with Gasteiger partial charge in [0, 0.05) is 18.2 Å². The van der Waals surface area contributed by atoms with Gasteiger partial charge in [0.1, 0.15) is 6.04 Å². The smallest absolute Gasteiger partial charge is 0.263 e. The van der Waals surface area contributed by atoms with Crippen LogP contribution in [0.5, 0.6) is 0 Å². The molecule has 8 heteroatoms. The summed E-state index contributed by atoms with van der Waals surface area (Å²) < 4.78 is 52.1. The summed E-state index contributed by atoms with van der Waals surface area (Å²) in [5.74, 6) is -0.322. The molecule has 1 aromatic rings. The summed E-state index contributed by atoms with van der Waals surface area (Å²) in [6.45, 7) is 3.86. The molecule has 1 aliphatic rings. The molecule has 0 radical (unpaired) electrons. The monoisotopic (exact) mass is 360 g/mol. The Kier molecular flexibility index (Phi) is 5.92. The van der Waals surface area contributed by atoms with Crippen molar-refractivity contribution in [2.75, 3.05) is 6.54 Å². The van der Waals surface area contributed by atoms with E-state index in [-0.39, 0.29) is 29.0 Å². The second-order valence-electron chi connectivity index (χ2n) is 6.16. The predicted molar refractivity (Wildman–Crippen MR) is 86.2 cm³/mol. The number of rotatable bonds is 5. The van der Waals surface area contributed by atoms with Gasteiger partial charge in [-0.1, -0.05) is 18.6 Å².